The van der Waals surface area contributed by atoms with Crippen molar-refractivity contribution in [3.63, 3.8) is 0 Å². The van der Waals surface area contributed by atoms with Crippen LogP contribution in [0.25, 0.3) is 21.5 Å². The summed E-state index contributed by atoms with van der Waals surface area (Å²) in [5.74, 6) is -0.399. The number of fused-ring (bicyclic) bond motifs is 1. The van der Waals surface area contributed by atoms with E-state index in [9.17, 15) is 14.9 Å². The van der Waals surface area contributed by atoms with Crippen molar-refractivity contribution in [3.8, 4) is 10.6 Å². The molecular weight excluding hydrogens is 330 g/mol. The summed E-state index contributed by atoms with van der Waals surface area (Å²) in [6.45, 7) is 5.67. The number of thiazole rings is 1. The first-order valence-corrected chi connectivity index (χ1v) is 8.15. The first-order chi connectivity index (χ1) is 11.4. The van der Waals surface area contributed by atoms with Crippen LogP contribution in [0.5, 0.6) is 0 Å². The van der Waals surface area contributed by atoms with Gasteiger partial charge < -0.3 is 9.72 Å². The van der Waals surface area contributed by atoms with Gasteiger partial charge in [-0.3, -0.25) is 10.1 Å². The molecule has 0 unspecified atom stereocenters. The van der Waals surface area contributed by atoms with Crippen LogP contribution in [-0.2, 0) is 4.74 Å². The van der Waals surface area contributed by atoms with Gasteiger partial charge in [-0.2, -0.15) is 0 Å². The lowest BCUT2D eigenvalue weighted by atomic mass is 10.1. The zero-order valence-electron chi connectivity index (χ0n) is 13.4. The largest absolute Gasteiger partial charge is 0.462 e. The van der Waals surface area contributed by atoms with Crippen molar-refractivity contribution in [1.29, 1.82) is 0 Å². The molecule has 0 spiro atoms. The van der Waals surface area contributed by atoms with Crippen LogP contribution in [0.3, 0.4) is 0 Å². The Morgan fingerprint density at radius 3 is 2.83 bits per heavy atom. The molecule has 0 radical (unpaired) electrons. The second-order valence-electron chi connectivity index (χ2n) is 5.30. The van der Waals surface area contributed by atoms with E-state index in [0.717, 1.165) is 16.6 Å². The summed E-state index contributed by atoms with van der Waals surface area (Å²) in [6, 6.07) is 3.62. The SMILES string of the molecule is CCOC(=O)c1sc(-c2cc(C)c3[nH]cc([N+](=O)[O-])c3c2)nc1C. The highest BCUT2D eigenvalue weighted by atomic mass is 32.1. The standard InChI is InChI=1S/C16H15N3O4S/c1-4-23-16(20)14-9(3)18-15(24-14)10-5-8(2)13-11(6-10)12(7-17-13)19(21)22/h5-7,17H,4H2,1-3H3. The third-order valence-corrected chi connectivity index (χ3v) is 4.85. The van der Waals surface area contributed by atoms with Crippen LogP contribution in [0.2, 0.25) is 0 Å². The van der Waals surface area contributed by atoms with Gasteiger partial charge in [0.2, 0.25) is 0 Å². The summed E-state index contributed by atoms with van der Waals surface area (Å²) in [7, 11) is 0. The molecule has 0 fully saturated rings. The quantitative estimate of drug-likeness (QED) is 0.438. The summed E-state index contributed by atoms with van der Waals surface area (Å²) in [5, 5.41) is 12.3. The van der Waals surface area contributed by atoms with E-state index < -0.39 is 10.9 Å². The number of benzene rings is 1. The molecule has 24 heavy (non-hydrogen) atoms. The van der Waals surface area contributed by atoms with E-state index >= 15 is 0 Å². The van der Waals surface area contributed by atoms with E-state index in [1.807, 2.05) is 13.0 Å². The van der Waals surface area contributed by atoms with Crippen LogP contribution < -0.4 is 0 Å². The third kappa shape index (κ3) is 2.65. The molecule has 124 valence electrons. The molecule has 3 aromatic rings. The summed E-state index contributed by atoms with van der Waals surface area (Å²) in [6.07, 6.45) is 1.39. The van der Waals surface area contributed by atoms with Crippen LogP contribution in [0, 0.1) is 24.0 Å². The molecule has 1 aromatic carbocycles. The number of nitrogens with zero attached hydrogens (tertiary/aromatic N) is 2. The molecule has 1 N–H and O–H groups in total. The van der Waals surface area contributed by atoms with E-state index in [-0.39, 0.29) is 5.69 Å². The predicted molar refractivity (Wildman–Crippen MR) is 91.5 cm³/mol. The number of carbonyl (C=O) groups is 1. The molecule has 0 saturated carbocycles. The van der Waals surface area contributed by atoms with E-state index in [1.165, 1.54) is 17.5 Å². The van der Waals surface area contributed by atoms with Crippen LogP contribution in [-0.4, -0.2) is 27.5 Å². The van der Waals surface area contributed by atoms with Gasteiger partial charge in [0, 0.05) is 5.56 Å². The molecule has 0 aliphatic carbocycles. The highest BCUT2D eigenvalue weighted by molar-refractivity contribution is 7.17. The van der Waals surface area contributed by atoms with Crippen LogP contribution >= 0.6 is 11.3 Å². The van der Waals surface area contributed by atoms with Gasteiger partial charge in [-0.15, -0.1) is 11.3 Å². The van der Waals surface area contributed by atoms with Crippen LogP contribution in [0.4, 0.5) is 5.69 Å². The van der Waals surface area contributed by atoms with Crippen molar-refractivity contribution in [2.45, 2.75) is 20.8 Å². The average molecular weight is 345 g/mol. The molecule has 0 aliphatic rings. The molecular formula is C16H15N3O4S. The van der Waals surface area contributed by atoms with E-state index in [0.29, 0.717) is 27.6 Å². The number of aromatic nitrogens is 2. The molecule has 3 rings (SSSR count). The third-order valence-electron chi connectivity index (χ3n) is 3.67. The Balaban J connectivity index is 2.13. The van der Waals surface area contributed by atoms with E-state index in [4.69, 9.17) is 4.74 Å². The summed E-state index contributed by atoms with van der Waals surface area (Å²) in [5.41, 5.74) is 2.96. The molecule has 0 atom stereocenters. The number of hydrogen-bond acceptors (Lipinski definition) is 6. The number of ether oxygens (including phenoxy) is 1. The number of rotatable bonds is 4. The van der Waals surface area contributed by atoms with E-state index in [2.05, 4.69) is 9.97 Å². The predicted octanol–water partition coefficient (Wildman–Crippen LogP) is 3.99. The molecule has 0 aliphatic heterocycles. The Hall–Kier alpha value is -2.74. The molecule has 2 aromatic heterocycles. The fourth-order valence-electron chi connectivity index (χ4n) is 2.58. The maximum Gasteiger partial charge on any atom is 0.350 e. The van der Waals surface area contributed by atoms with Gasteiger partial charge in [-0.1, -0.05) is 0 Å². The van der Waals surface area contributed by atoms with Gasteiger partial charge >= 0.3 is 5.97 Å². The lowest BCUT2D eigenvalue weighted by molar-refractivity contribution is -0.383. The number of carbonyl (C=O) groups excluding carboxylic acids is 1. The lowest BCUT2D eigenvalue weighted by Gasteiger charge is -2.01. The number of aromatic amines is 1. The monoisotopic (exact) mass is 345 g/mol. The van der Waals surface area contributed by atoms with Gasteiger partial charge in [-0.05, 0) is 38.5 Å². The fourth-order valence-corrected chi connectivity index (χ4v) is 3.53. The molecule has 0 bridgehead atoms. The zero-order valence-corrected chi connectivity index (χ0v) is 14.2. The molecule has 7 nitrogen and oxygen atoms in total. The normalized spacial score (nSPS) is 11.0. The fraction of sp³-hybridized carbons (Fsp3) is 0.250. The number of hydrogen-bond donors (Lipinski definition) is 1. The Labute approximate surface area is 141 Å². The number of H-pyrrole nitrogens is 1. The molecule has 8 heteroatoms. The maximum absolute atomic E-state index is 11.9. The van der Waals surface area contributed by atoms with Crippen molar-refractivity contribution in [3.05, 3.63) is 44.6 Å². The summed E-state index contributed by atoms with van der Waals surface area (Å²) < 4.78 is 5.03. The Morgan fingerprint density at radius 2 is 2.17 bits per heavy atom. The van der Waals surface area contributed by atoms with Crippen molar-refractivity contribution >= 4 is 33.9 Å². The number of esters is 1. The summed E-state index contributed by atoms with van der Waals surface area (Å²) >= 11 is 1.23. The first-order valence-electron chi connectivity index (χ1n) is 7.33. The molecule has 2 heterocycles. The van der Waals surface area contributed by atoms with Crippen molar-refractivity contribution in [2.24, 2.45) is 0 Å². The topological polar surface area (TPSA) is 98.1 Å². The van der Waals surface area contributed by atoms with E-state index in [1.54, 1.807) is 19.9 Å². The number of nitro groups is 1. The highest BCUT2D eigenvalue weighted by Gasteiger charge is 2.20. The van der Waals surface area contributed by atoms with Crippen molar-refractivity contribution in [1.82, 2.24) is 9.97 Å². The molecule has 0 amide bonds. The lowest BCUT2D eigenvalue weighted by Crippen LogP contribution is -2.03. The Kier molecular flexibility index (Phi) is 4.06. The van der Waals surface area contributed by atoms with Crippen LogP contribution in [0.1, 0.15) is 27.9 Å². The number of nitrogens with one attached hydrogen (secondary N) is 1. The van der Waals surface area contributed by atoms with Gasteiger partial charge in [0.1, 0.15) is 9.88 Å². The van der Waals surface area contributed by atoms with Gasteiger partial charge in [0.15, 0.2) is 0 Å². The minimum atomic E-state index is -0.417. The second kappa shape index (κ2) is 6.04. The summed E-state index contributed by atoms with van der Waals surface area (Å²) in [4.78, 5) is 30.5. The Bertz CT molecular complexity index is 958. The second-order valence-corrected chi connectivity index (χ2v) is 6.30. The minimum absolute atomic E-state index is 0.0221. The van der Waals surface area contributed by atoms with Crippen molar-refractivity contribution < 1.29 is 14.5 Å². The average Bonchev–Trinajstić information content (AvgIpc) is 3.11. The molecule has 0 saturated heterocycles. The Morgan fingerprint density at radius 1 is 1.42 bits per heavy atom. The highest BCUT2D eigenvalue weighted by Crippen LogP contribution is 2.35. The van der Waals surface area contributed by atoms with Crippen molar-refractivity contribution in [2.75, 3.05) is 6.61 Å². The first kappa shape index (κ1) is 16.1. The van der Waals surface area contributed by atoms with Gasteiger partial charge in [0.25, 0.3) is 5.69 Å². The van der Waals surface area contributed by atoms with Gasteiger partial charge in [0.05, 0.1) is 34.3 Å². The number of aryl methyl sites for hydroxylation is 2. The maximum atomic E-state index is 11.9. The smallest absolute Gasteiger partial charge is 0.350 e. The minimum Gasteiger partial charge on any atom is -0.462 e. The van der Waals surface area contributed by atoms with Gasteiger partial charge in [-0.25, -0.2) is 9.78 Å². The van der Waals surface area contributed by atoms with Crippen LogP contribution in [0.15, 0.2) is 18.3 Å². The zero-order chi connectivity index (χ0) is 17.4.